The minimum Gasteiger partial charge on any atom is -0.507 e. The van der Waals surface area contributed by atoms with Gasteiger partial charge in [-0.3, -0.25) is 4.79 Å². The minimum absolute atomic E-state index is 0.0828. The van der Waals surface area contributed by atoms with Crippen LogP contribution in [0.1, 0.15) is 75.8 Å². The van der Waals surface area contributed by atoms with Crippen LogP contribution in [0.3, 0.4) is 0 Å². The Balaban J connectivity index is 1.80. The molecule has 3 heteroatoms. The number of carbonyl (C=O) groups is 1. The molecule has 1 N–H and O–H groups in total. The number of hydrogen-bond donors (Lipinski definition) is 1. The second-order valence-electron chi connectivity index (χ2n) is 8.08. The van der Waals surface area contributed by atoms with Gasteiger partial charge in [-0.05, 0) is 69.2 Å². The second-order valence-corrected chi connectivity index (χ2v) is 8.08. The summed E-state index contributed by atoms with van der Waals surface area (Å²) in [5, 5.41) is 10.7. The van der Waals surface area contributed by atoms with Gasteiger partial charge in [-0.1, -0.05) is 6.08 Å². The van der Waals surface area contributed by atoms with Gasteiger partial charge in [0.05, 0.1) is 0 Å². The topological polar surface area (TPSA) is 46.5 Å². The minimum atomic E-state index is -0.301. The Kier molecular flexibility index (Phi) is 3.70. The molecule has 3 nitrogen and oxygen atoms in total. The molecule has 1 heterocycles. The average Bonchev–Trinajstić information content (AvgIpc) is 2.54. The SMILES string of the molecule is CC1(C)Oc2cc(C3=CCCCC3)cc(O)c2C2CC(=O)CCC21. The van der Waals surface area contributed by atoms with Crippen molar-refractivity contribution in [1.29, 1.82) is 0 Å². The summed E-state index contributed by atoms with van der Waals surface area (Å²) in [6, 6.07) is 3.97. The molecule has 2 unspecified atom stereocenters. The van der Waals surface area contributed by atoms with Crippen LogP contribution < -0.4 is 4.74 Å². The maximum Gasteiger partial charge on any atom is 0.133 e. The van der Waals surface area contributed by atoms with Crippen LogP contribution in [0.5, 0.6) is 11.5 Å². The molecule has 0 saturated heterocycles. The van der Waals surface area contributed by atoms with E-state index in [0.717, 1.165) is 36.1 Å². The van der Waals surface area contributed by atoms with Crippen molar-refractivity contribution in [2.75, 3.05) is 0 Å². The standard InChI is InChI=1S/C21H26O3/c1-21(2)17-9-8-15(22)12-16(17)20-18(23)10-14(11-19(20)24-21)13-6-4-3-5-7-13/h6,10-11,16-17,23H,3-5,7-9,12H2,1-2H3. The first-order chi connectivity index (χ1) is 11.5. The van der Waals surface area contributed by atoms with Gasteiger partial charge < -0.3 is 9.84 Å². The van der Waals surface area contributed by atoms with Gasteiger partial charge in [0.2, 0.25) is 0 Å². The molecular weight excluding hydrogens is 300 g/mol. The first-order valence-electron chi connectivity index (χ1n) is 9.23. The van der Waals surface area contributed by atoms with E-state index in [1.165, 1.54) is 18.4 Å². The molecule has 2 atom stereocenters. The lowest BCUT2D eigenvalue weighted by molar-refractivity contribution is -0.124. The molecule has 1 aliphatic heterocycles. The van der Waals surface area contributed by atoms with E-state index >= 15 is 0 Å². The van der Waals surface area contributed by atoms with E-state index in [0.29, 0.717) is 24.4 Å². The highest BCUT2D eigenvalue weighted by Crippen LogP contribution is 2.54. The maximum absolute atomic E-state index is 12.0. The Morgan fingerprint density at radius 3 is 2.79 bits per heavy atom. The number of benzene rings is 1. The van der Waals surface area contributed by atoms with E-state index in [9.17, 15) is 9.90 Å². The molecule has 0 aromatic heterocycles. The molecule has 128 valence electrons. The van der Waals surface area contributed by atoms with Crippen molar-refractivity contribution in [1.82, 2.24) is 0 Å². The molecule has 0 amide bonds. The van der Waals surface area contributed by atoms with Crippen LogP contribution in [0.2, 0.25) is 0 Å². The van der Waals surface area contributed by atoms with Crippen LogP contribution in [-0.2, 0) is 4.79 Å². The molecule has 1 fully saturated rings. The van der Waals surface area contributed by atoms with Gasteiger partial charge in [-0.25, -0.2) is 0 Å². The summed E-state index contributed by atoms with van der Waals surface area (Å²) in [6.45, 7) is 4.24. The number of aromatic hydroxyl groups is 1. The first kappa shape index (κ1) is 15.7. The van der Waals surface area contributed by atoms with Gasteiger partial charge in [0.15, 0.2) is 0 Å². The van der Waals surface area contributed by atoms with Crippen molar-refractivity contribution in [2.24, 2.45) is 5.92 Å². The summed E-state index contributed by atoms with van der Waals surface area (Å²) in [4.78, 5) is 12.0. The third kappa shape index (κ3) is 2.54. The number of carbonyl (C=O) groups excluding carboxylic acids is 1. The molecule has 24 heavy (non-hydrogen) atoms. The lowest BCUT2D eigenvalue weighted by Gasteiger charge is -2.47. The zero-order valence-electron chi connectivity index (χ0n) is 14.6. The zero-order valence-corrected chi connectivity index (χ0v) is 14.6. The van der Waals surface area contributed by atoms with Crippen molar-refractivity contribution in [3.8, 4) is 11.5 Å². The van der Waals surface area contributed by atoms with Gasteiger partial charge in [-0.15, -0.1) is 0 Å². The lowest BCUT2D eigenvalue weighted by atomic mass is 9.66. The Hall–Kier alpha value is -1.77. The van der Waals surface area contributed by atoms with Gasteiger partial charge in [0.25, 0.3) is 0 Å². The van der Waals surface area contributed by atoms with Crippen molar-refractivity contribution >= 4 is 11.4 Å². The Labute approximate surface area is 143 Å². The van der Waals surface area contributed by atoms with E-state index < -0.39 is 0 Å². The van der Waals surface area contributed by atoms with Crippen LogP contribution >= 0.6 is 0 Å². The third-order valence-corrected chi connectivity index (χ3v) is 6.09. The Bertz CT molecular complexity index is 714. The smallest absolute Gasteiger partial charge is 0.133 e. The van der Waals surface area contributed by atoms with Gasteiger partial charge in [0.1, 0.15) is 22.9 Å². The van der Waals surface area contributed by atoms with Crippen LogP contribution in [0, 0.1) is 5.92 Å². The molecule has 1 aromatic carbocycles. The number of fused-ring (bicyclic) bond motifs is 3. The van der Waals surface area contributed by atoms with Crippen molar-refractivity contribution < 1.29 is 14.6 Å². The van der Waals surface area contributed by atoms with E-state index in [1.807, 2.05) is 6.07 Å². The summed E-state index contributed by atoms with van der Waals surface area (Å²) >= 11 is 0. The van der Waals surface area contributed by atoms with Crippen molar-refractivity contribution in [3.05, 3.63) is 29.3 Å². The number of rotatable bonds is 1. The van der Waals surface area contributed by atoms with Crippen LogP contribution in [0.15, 0.2) is 18.2 Å². The highest BCUT2D eigenvalue weighted by molar-refractivity contribution is 5.81. The molecule has 4 rings (SSSR count). The summed E-state index contributed by atoms with van der Waals surface area (Å²) in [5.74, 6) is 1.75. The number of allylic oxidation sites excluding steroid dienone is 2. The molecule has 0 bridgehead atoms. The highest BCUT2D eigenvalue weighted by Gasteiger charge is 2.47. The third-order valence-electron chi connectivity index (χ3n) is 6.09. The Morgan fingerprint density at radius 1 is 1.21 bits per heavy atom. The molecule has 3 aliphatic rings. The molecule has 1 aromatic rings. The number of phenolic OH excluding ortho intramolecular Hbond substituents is 1. The molecule has 2 aliphatic carbocycles. The van der Waals surface area contributed by atoms with Crippen LogP contribution in [-0.4, -0.2) is 16.5 Å². The van der Waals surface area contributed by atoms with E-state index in [1.54, 1.807) is 0 Å². The Morgan fingerprint density at radius 2 is 2.04 bits per heavy atom. The molecule has 0 spiro atoms. The monoisotopic (exact) mass is 326 g/mol. The number of phenols is 1. The van der Waals surface area contributed by atoms with Gasteiger partial charge >= 0.3 is 0 Å². The first-order valence-corrected chi connectivity index (χ1v) is 9.23. The fourth-order valence-corrected chi connectivity index (χ4v) is 4.86. The maximum atomic E-state index is 12.0. The quantitative estimate of drug-likeness (QED) is 0.792. The van der Waals surface area contributed by atoms with Crippen molar-refractivity contribution in [2.45, 2.75) is 70.3 Å². The summed E-state index contributed by atoms with van der Waals surface area (Å²) in [6.07, 6.45) is 8.92. The predicted molar refractivity (Wildman–Crippen MR) is 94.3 cm³/mol. The average molecular weight is 326 g/mol. The largest absolute Gasteiger partial charge is 0.507 e. The molecule has 1 saturated carbocycles. The predicted octanol–water partition coefficient (Wildman–Crippen LogP) is 4.97. The molecule has 0 radical (unpaired) electrons. The summed E-state index contributed by atoms with van der Waals surface area (Å²) in [7, 11) is 0. The molecular formula is C21H26O3. The normalized spacial score (nSPS) is 28.4. The zero-order chi connectivity index (χ0) is 16.9. The van der Waals surface area contributed by atoms with E-state index in [4.69, 9.17) is 4.74 Å². The number of hydrogen-bond acceptors (Lipinski definition) is 3. The van der Waals surface area contributed by atoms with Gasteiger partial charge in [-0.2, -0.15) is 0 Å². The van der Waals surface area contributed by atoms with E-state index in [2.05, 4.69) is 26.0 Å². The number of Topliss-reactive ketones (excluding diaryl/α,β-unsaturated/α-hetero) is 1. The number of ketones is 1. The van der Waals surface area contributed by atoms with Crippen molar-refractivity contribution in [3.63, 3.8) is 0 Å². The fourth-order valence-electron chi connectivity index (χ4n) is 4.86. The fraction of sp³-hybridized carbons (Fsp3) is 0.571. The summed E-state index contributed by atoms with van der Waals surface area (Å²) < 4.78 is 6.34. The number of ether oxygens (including phenoxy) is 1. The van der Waals surface area contributed by atoms with Crippen LogP contribution in [0.4, 0.5) is 0 Å². The summed E-state index contributed by atoms with van der Waals surface area (Å²) in [5.41, 5.74) is 2.93. The lowest BCUT2D eigenvalue weighted by Crippen LogP contribution is -2.47. The second kappa shape index (κ2) is 5.65. The highest BCUT2D eigenvalue weighted by atomic mass is 16.5. The van der Waals surface area contributed by atoms with Crippen LogP contribution in [0.25, 0.3) is 5.57 Å². The van der Waals surface area contributed by atoms with E-state index in [-0.39, 0.29) is 17.4 Å². The van der Waals surface area contributed by atoms with Gasteiger partial charge in [0, 0.05) is 30.2 Å².